The van der Waals surface area contributed by atoms with Gasteiger partial charge in [-0.2, -0.15) is 0 Å². The molecule has 0 aliphatic carbocycles. The standard InChI is InChI=1S/C81H55N7/c1-52-36-41-73-63(46-52)64-47-53(2)37-42-74(64)87(73)77-45-40-62(71-50-69(56-26-13-5-14-27-56)83-80(85-71)58-30-17-7-18-31-58)79(78(77)72-51-70(57-28-15-6-16-29-57)84-81(86-72)59-32-19-8-20-33-59)88-75-43-38-60(54-22-9-3-10-23-54)48-65(75)66-49-61(39-44-76(66)88)68-35-21-34-67(82-68)55-24-11-4-12-25-55/h3-51H,1-2H3. The largest absolute Gasteiger partial charge is 0.308 e. The third-order valence-electron chi connectivity index (χ3n) is 16.9. The van der Waals surface area contributed by atoms with Crippen molar-refractivity contribution < 1.29 is 0 Å². The van der Waals surface area contributed by atoms with Crippen molar-refractivity contribution in [2.75, 3.05) is 0 Å². The Morgan fingerprint density at radius 1 is 0.239 bits per heavy atom. The Morgan fingerprint density at radius 2 is 0.625 bits per heavy atom. The zero-order chi connectivity index (χ0) is 58.7. The minimum atomic E-state index is 0.608. The van der Waals surface area contributed by atoms with Crippen LogP contribution in [0.2, 0.25) is 0 Å². The van der Waals surface area contributed by atoms with Crippen LogP contribution in [0.4, 0.5) is 0 Å². The van der Waals surface area contributed by atoms with E-state index in [1.165, 1.54) is 21.9 Å². The molecule has 5 heterocycles. The van der Waals surface area contributed by atoms with Gasteiger partial charge in [0.15, 0.2) is 11.6 Å². The first-order valence-corrected chi connectivity index (χ1v) is 29.8. The van der Waals surface area contributed by atoms with Crippen molar-refractivity contribution in [1.82, 2.24) is 34.1 Å². The molecule has 7 nitrogen and oxygen atoms in total. The van der Waals surface area contributed by atoms with Crippen LogP contribution in [0.1, 0.15) is 11.1 Å². The molecule has 0 fully saturated rings. The molecule has 16 rings (SSSR count). The SMILES string of the molecule is Cc1ccc2c(c1)c1cc(C)ccc1n2-c1ccc(-c2cc(-c3ccccc3)nc(-c3ccccc3)n2)c(-n2c3ccc(-c4ccccc4)cc3c3cc(-c4cccc(-c5ccccc5)n4)ccc32)c1-c1cc(-c2ccccc2)nc(-c2ccccc2)n1. The van der Waals surface area contributed by atoms with Gasteiger partial charge in [-0.25, -0.2) is 24.9 Å². The monoisotopic (exact) mass is 1130 g/mol. The summed E-state index contributed by atoms with van der Waals surface area (Å²) in [5, 5.41) is 4.49. The lowest BCUT2D eigenvalue weighted by atomic mass is 9.96. The maximum Gasteiger partial charge on any atom is 0.160 e. The number of hydrogen-bond donors (Lipinski definition) is 0. The average Bonchev–Trinajstić information content (AvgIpc) is 1.54. The first-order valence-electron chi connectivity index (χ1n) is 29.8. The number of benzene rings is 11. The normalized spacial score (nSPS) is 11.5. The summed E-state index contributed by atoms with van der Waals surface area (Å²) in [5.74, 6) is 1.23. The van der Waals surface area contributed by atoms with Crippen molar-refractivity contribution in [3.63, 3.8) is 0 Å². The van der Waals surface area contributed by atoms with Crippen LogP contribution in [0.5, 0.6) is 0 Å². The molecule has 0 atom stereocenters. The Hall–Kier alpha value is -11.7. The van der Waals surface area contributed by atoms with E-state index >= 15 is 0 Å². The van der Waals surface area contributed by atoms with Gasteiger partial charge in [0.2, 0.25) is 0 Å². The molecule has 0 N–H and O–H groups in total. The molecule has 0 spiro atoms. The first-order chi connectivity index (χ1) is 43.4. The van der Waals surface area contributed by atoms with Gasteiger partial charge in [0, 0.05) is 66.1 Å². The number of hydrogen-bond acceptors (Lipinski definition) is 5. The molecule has 0 bridgehead atoms. The fourth-order valence-electron chi connectivity index (χ4n) is 12.7. The van der Waals surface area contributed by atoms with Crippen LogP contribution in [-0.4, -0.2) is 34.1 Å². The van der Waals surface area contributed by atoms with Gasteiger partial charge < -0.3 is 9.13 Å². The summed E-state index contributed by atoms with van der Waals surface area (Å²) >= 11 is 0. The predicted molar refractivity (Wildman–Crippen MR) is 362 cm³/mol. The Bertz CT molecular complexity index is 5140. The second-order valence-corrected chi connectivity index (χ2v) is 22.6. The number of fused-ring (bicyclic) bond motifs is 6. The van der Waals surface area contributed by atoms with Gasteiger partial charge in [-0.15, -0.1) is 0 Å². The fraction of sp³-hybridized carbons (Fsp3) is 0.0247. The van der Waals surface area contributed by atoms with Gasteiger partial charge in [0.05, 0.1) is 67.6 Å². The molecule has 7 heteroatoms. The summed E-state index contributed by atoms with van der Waals surface area (Å²) in [6.45, 7) is 4.35. The predicted octanol–water partition coefficient (Wildman–Crippen LogP) is 20.5. The molecule has 414 valence electrons. The van der Waals surface area contributed by atoms with E-state index in [4.69, 9.17) is 24.9 Å². The summed E-state index contributed by atoms with van der Waals surface area (Å²) in [6.07, 6.45) is 0. The van der Waals surface area contributed by atoms with Crippen molar-refractivity contribution in [1.29, 1.82) is 0 Å². The van der Waals surface area contributed by atoms with Gasteiger partial charge in [0.25, 0.3) is 0 Å². The maximum absolute atomic E-state index is 5.82. The molecule has 11 aromatic carbocycles. The topological polar surface area (TPSA) is 74.3 Å². The summed E-state index contributed by atoms with van der Waals surface area (Å²) < 4.78 is 4.93. The Morgan fingerprint density at radius 3 is 1.15 bits per heavy atom. The molecule has 0 saturated heterocycles. The summed E-state index contributed by atoms with van der Waals surface area (Å²) in [7, 11) is 0. The molecule has 0 unspecified atom stereocenters. The van der Waals surface area contributed by atoms with E-state index in [0.717, 1.165) is 134 Å². The minimum absolute atomic E-state index is 0.608. The highest BCUT2D eigenvalue weighted by molar-refractivity contribution is 6.14. The second kappa shape index (κ2) is 21.8. The van der Waals surface area contributed by atoms with Crippen LogP contribution in [0, 0.1) is 13.8 Å². The van der Waals surface area contributed by atoms with E-state index in [0.29, 0.717) is 11.6 Å². The van der Waals surface area contributed by atoms with Crippen molar-refractivity contribution in [2.45, 2.75) is 13.8 Å². The van der Waals surface area contributed by atoms with Gasteiger partial charge in [-0.3, -0.25) is 0 Å². The molecule has 0 amide bonds. The highest BCUT2D eigenvalue weighted by Crippen LogP contribution is 2.48. The molecular weight excluding hydrogens is 1070 g/mol. The van der Waals surface area contributed by atoms with Crippen LogP contribution in [0.15, 0.2) is 297 Å². The van der Waals surface area contributed by atoms with Crippen molar-refractivity contribution in [3.05, 3.63) is 308 Å². The lowest BCUT2D eigenvalue weighted by Gasteiger charge is -2.24. The zero-order valence-electron chi connectivity index (χ0n) is 48.4. The highest BCUT2D eigenvalue weighted by Gasteiger charge is 2.29. The number of pyridine rings is 1. The molecular formula is C81H55N7. The number of aryl methyl sites for hydroxylation is 2. The van der Waals surface area contributed by atoms with Crippen molar-refractivity contribution >= 4 is 43.6 Å². The number of nitrogens with zero attached hydrogens (tertiary/aromatic N) is 7. The molecule has 16 aromatic rings. The summed E-state index contributed by atoms with van der Waals surface area (Å²) in [6, 6.07) is 105. The van der Waals surface area contributed by atoms with Crippen molar-refractivity contribution in [3.8, 4) is 113 Å². The minimum Gasteiger partial charge on any atom is -0.308 e. The maximum atomic E-state index is 5.82. The Kier molecular flexibility index (Phi) is 12.8. The lowest BCUT2D eigenvalue weighted by Crippen LogP contribution is -2.08. The van der Waals surface area contributed by atoms with Crippen LogP contribution >= 0.6 is 0 Å². The van der Waals surface area contributed by atoms with Gasteiger partial charge in [0.1, 0.15) is 0 Å². The first kappa shape index (κ1) is 51.9. The number of aromatic nitrogens is 7. The summed E-state index contributed by atoms with van der Waals surface area (Å²) in [4.78, 5) is 27.6. The third-order valence-corrected chi connectivity index (χ3v) is 16.9. The smallest absolute Gasteiger partial charge is 0.160 e. The van der Waals surface area contributed by atoms with E-state index in [1.54, 1.807) is 0 Å². The van der Waals surface area contributed by atoms with E-state index in [1.807, 2.05) is 36.4 Å². The summed E-state index contributed by atoms with van der Waals surface area (Å²) in [5.41, 5.74) is 23.1. The van der Waals surface area contributed by atoms with Gasteiger partial charge in [-0.1, -0.05) is 223 Å². The molecule has 0 saturated carbocycles. The Balaban J connectivity index is 1.10. The van der Waals surface area contributed by atoms with Crippen molar-refractivity contribution in [2.24, 2.45) is 0 Å². The van der Waals surface area contributed by atoms with E-state index in [2.05, 4.69) is 284 Å². The average molecular weight is 1130 g/mol. The Labute approximate surface area is 509 Å². The van der Waals surface area contributed by atoms with Crippen LogP contribution in [0.25, 0.3) is 156 Å². The van der Waals surface area contributed by atoms with Crippen LogP contribution in [0.3, 0.4) is 0 Å². The van der Waals surface area contributed by atoms with Crippen LogP contribution in [-0.2, 0) is 0 Å². The van der Waals surface area contributed by atoms with E-state index in [-0.39, 0.29) is 0 Å². The van der Waals surface area contributed by atoms with Gasteiger partial charge in [-0.05, 0) is 110 Å². The zero-order valence-corrected chi connectivity index (χ0v) is 48.4. The van der Waals surface area contributed by atoms with E-state index < -0.39 is 0 Å². The third kappa shape index (κ3) is 9.30. The highest BCUT2D eigenvalue weighted by atomic mass is 15.0. The quantitative estimate of drug-likeness (QED) is 0.129. The van der Waals surface area contributed by atoms with Crippen LogP contribution < -0.4 is 0 Å². The number of rotatable bonds is 11. The molecule has 5 aromatic heterocycles. The molecule has 88 heavy (non-hydrogen) atoms. The van der Waals surface area contributed by atoms with E-state index in [9.17, 15) is 0 Å². The van der Waals surface area contributed by atoms with Gasteiger partial charge >= 0.3 is 0 Å². The fourth-order valence-corrected chi connectivity index (χ4v) is 12.7. The molecule has 0 aliphatic rings. The second-order valence-electron chi connectivity index (χ2n) is 22.6. The lowest BCUT2D eigenvalue weighted by molar-refractivity contribution is 1.11. The molecule has 0 aliphatic heterocycles. The molecule has 0 radical (unpaired) electrons.